The summed E-state index contributed by atoms with van der Waals surface area (Å²) in [5.74, 6) is -0.209. The molecule has 0 radical (unpaired) electrons. The van der Waals surface area contributed by atoms with E-state index in [4.69, 9.17) is 16.3 Å². The van der Waals surface area contributed by atoms with Crippen LogP contribution >= 0.6 is 11.6 Å². The number of aryl methyl sites for hydroxylation is 1. The smallest absolute Gasteiger partial charge is 0.267 e. The maximum atomic E-state index is 13.5. The molecule has 0 heterocycles. The summed E-state index contributed by atoms with van der Waals surface area (Å²) >= 11 is 5.81. The molecular formula is C17H17ClFNO2. The summed E-state index contributed by atoms with van der Waals surface area (Å²) < 4.78 is 19.2. The molecule has 0 unspecified atom stereocenters. The predicted octanol–water partition coefficient (Wildman–Crippen LogP) is 4.58. The van der Waals surface area contributed by atoms with Gasteiger partial charge in [0.05, 0.1) is 0 Å². The fraction of sp³-hybridized carbons (Fsp3) is 0.235. The van der Waals surface area contributed by atoms with Crippen LogP contribution in [-0.4, -0.2) is 11.5 Å². The molecule has 0 saturated heterocycles. The molecule has 5 heteroatoms. The zero-order chi connectivity index (χ0) is 16.3. The zero-order valence-electron chi connectivity index (χ0n) is 12.6. The lowest BCUT2D eigenvalue weighted by molar-refractivity contribution is -0.128. The third-order valence-electron chi connectivity index (χ3n) is 3.16. The maximum Gasteiger partial charge on any atom is 0.267 e. The number of rotatable bonds is 4. The van der Waals surface area contributed by atoms with E-state index in [1.54, 1.807) is 57.2 Å². The minimum Gasteiger partial charge on any atom is -0.478 e. The van der Waals surface area contributed by atoms with Crippen LogP contribution in [0.4, 0.5) is 10.1 Å². The summed E-state index contributed by atoms with van der Waals surface area (Å²) in [6.07, 6.45) is 0. The number of amides is 1. The number of benzene rings is 2. The van der Waals surface area contributed by atoms with Crippen LogP contribution in [-0.2, 0) is 4.79 Å². The Kier molecular flexibility index (Phi) is 4.71. The van der Waals surface area contributed by atoms with E-state index in [0.717, 1.165) is 0 Å². The lowest BCUT2D eigenvalue weighted by Crippen LogP contribution is -2.42. The molecule has 0 fully saturated rings. The first-order valence-corrected chi connectivity index (χ1v) is 7.18. The molecule has 116 valence electrons. The molecule has 2 aromatic rings. The van der Waals surface area contributed by atoms with E-state index >= 15 is 0 Å². The predicted molar refractivity (Wildman–Crippen MR) is 85.9 cm³/mol. The highest BCUT2D eigenvalue weighted by Crippen LogP contribution is 2.22. The Bertz CT molecular complexity index is 684. The van der Waals surface area contributed by atoms with Gasteiger partial charge in [0, 0.05) is 10.7 Å². The van der Waals surface area contributed by atoms with Crippen LogP contribution in [0, 0.1) is 12.7 Å². The summed E-state index contributed by atoms with van der Waals surface area (Å²) in [5.41, 5.74) is -0.203. The van der Waals surface area contributed by atoms with Crippen molar-refractivity contribution < 1.29 is 13.9 Å². The van der Waals surface area contributed by atoms with Crippen molar-refractivity contribution in [2.45, 2.75) is 26.4 Å². The van der Waals surface area contributed by atoms with Crippen LogP contribution in [0.2, 0.25) is 5.02 Å². The molecule has 0 aliphatic heterocycles. The molecule has 1 amide bonds. The summed E-state index contributed by atoms with van der Waals surface area (Å²) in [6, 6.07) is 11.3. The van der Waals surface area contributed by atoms with Crippen molar-refractivity contribution >= 4 is 23.2 Å². The lowest BCUT2D eigenvalue weighted by atomic mass is 10.1. The highest BCUT2D eigenvalue weighted by molar-refractivity contribution is 6.30. The van der Waals surface area contributed by atoms with Gasteiger partial charge in [0.2, 0.25) is 0 Å². The Labute approximate surface area is 134 Å². The van der Waals surface area contributed by atoms with Gasteiger partial charge in [0.15, 0.2) is 5.60 Å². The van der Waals surface area contributed by atoms with Crippen LogP contribution in [0.5, 0.6) is 5.75 Å². The van der Waals surface area contributed by atoms with Gasteiger partial charge < -0.3 is 10.1 Å². The zero-order valence-corrected chi connectivity index (χ0v) is 13.4. The normalized spacial score (nSPS) is 11.1. The Morgan fingerprint density at radius 1 is 1.18 bits per heavy atom. The lowest BCUT2D eigenvalue weighted by Gasteiger charge is -2.25. The Balaban J connectivity index is 2.09. The second kappa shape index (κ2) is 6.36. The van der Waals surface area contributed by atoms with Crippen LogP contribution in [0.3, 0.4) is 0 Å². The molecule has 0 aliphatic rings. The van der Waals surface area contributed by atoms with Gasteiger partial charge in [-0.2, -0.15) is 0 Å². The van der Waals surface area contributed by atoms with Gasteiger partial charge in [-0.05, 0) is 62.7 Å². The molecule has 2 aromatic carbocycles. The summed E-state index contributed by atoms with van der Waals surface area (Å²) in [6.45, 7) is 4.94. The second-order valence-corrected chi connectivity index (χ2v) is 5.92. The minimum absolute atomic E-state index is 0.366. The molecule has 0 aromatic heterocycles. The fourth-order valence-corrected chi connectivity index (χ4v) is 1.92. The monoisotopic (exact) mass is 321 g/mol. The highest BCUT2D eigenvalue weighted by Gasteiger charge is 2.30. The molecule has 0 aliphatic carbocycles. The molecule has 3 nitrogen and oxygen atoms in total. The van der Waals surface area contributed by atoms with Crippen LogP contribution in [0.25, 0.3) is 0 Å². The molecule has 22 heavy (non-hydrogen) atoms. The van der Waals surface area contributed by atoms with Crippen molar-refractivity contribution in [3.05, 3.63) is 58.9 Å². The number of carbonyl (C=O) groups excluding carboxylic acids is 1. The Morgan fingerprint density at radius 2 is 1.82 bits per heavy atom. The van der Waals surface area contributed by atoms with E-state index in [1.165, 1.54) is 6.07 Å². The van der Waals surface area contributed by atoms with E-state index in [9.17, 15) is 9.18 Å². The van der Waals surface area contributed by atoms with Crippen molar-refractivity contribution in [3.63, 3.8) is 0 Å². The average Bonchev–Trinajstić information content (AvgIpc) is 2.45. The molecule has 2 rings (SSSR count). The summed E-state index contributed by atoms with van der Waals surface area (Å²) in [4.78, 5) is 12.3. The van der Waals surface area contributed by atoms with Gasteiger partial charge in [-0.3, -0.25) is 4.79 Å². The minimum atomic E-state index is -1.12. The topological polar surface area (TPSA) is 38.3 Å². The first kappa shape index (κ1) is 16.3. The number of ether oxygens (including phenoxy) is 1. The number of anilines is 1. The SMILES string of the molecule is Cc1ccc(NC(=O)C(C)(C)Oc2ccc(Cl)cc2)cc1F. The number of halogens is 2. The van der Waals surface area contributed by atoms with Gasteiger partial charge in [0.25, 0.3) is 5.91 Å². The standard InChI is InChI=1S/C17H17ClFNO2/c1-11-4-7-13(10-15(11)19)20-16(21)17(2,3)22-14-8-5-12(18)6-9-14/h4-10H,1-3H3,(H,20,21). The third-order valence-corrected chi connectivity index (χ3v) is 3.42. The average molecular weight is 322 g/mol. The highest BCUT2D eigenvalue weighted by atomic mass is 35.5. The molecule has 0 bridgehead atoms. The number of hydrogen-bond acceptors (Lipinski definition) is 2. The maximum absolute atomic E-state index is 13.5. The summed E-state index contributed by atoms with van der Waals surface area (Å²) in [5, 5.41) is 3.24. The molecular weight excluding hydrogens is 305 g/mol. The van der Waals surface area contributed by atoms with Crippen molar-refractivity contribution in [2.24, 2.45) is 0 Å². The van der Waals surface area contributed by atoms with Crippen molar-refractivity contribution in [3.8, 4) is 5.75 Å². The number of nitrogens with one attached hydrogen (secondary N) is 1. The number of hydrogen-bond donors (Lipinski definition) is 1. The fourth-order valence-electron chi connectivity index (χ4n) is 1.80. The van der Waals surface area contributed by atoms with Crippen LogP contribution in [0.1, 0.15) is 19.4 Å². The van der Waals surface area contributed by atoms with E-state index < -0.39 is 5.60 Å². The van der Waals surface area contributed by atoms with Crippen molar-refractivity contribution in [1.82, 2.24) is 0 Å². The molecule has 0 atom stereocenters. The van der Waals surface area contributed by atoms with E-state index in [0.29, 0.717) is 22.0 Å². The van der Waals surface area contributed by atoms with E-state index in [2.05, 4.69) is 5.32 Å². The molecule has 0 spiro atoms. The second-order valence-electron chi connectivity index (χ2n) is 5.48. The third kappa shape index (κ3) is 3.98. The largest absolute Gasteiger partial charge is 0.478 e. The first-order chi connectivity index (χ1) is 10.3. The van der Waals surface area contributed by atoms with Crippen LogP contribution < -0.4 is 10.1 Å². The molecule has 1 N–H and O–H groups in total. The van der Waals surface area contributed by atoms with Crippen molar-refractivity contribution in [1.29, 1.82) is 0 Å². The molecule has 0 saturated carbocycles. The summed E-state index contributed by atoms with van der Waals surface area (Å²) in [7, 11) is 0. The van der Waals surface area contributed by atoms with E-state index in [1.807, 2.05) is 0 Å². The van der Waals surface area contributed by atoms with Gasteiger partial charge in [-0.25, -0.2) is 4.39 Å². The first-order valence-electron chi connectivity index (χ1n) is 6.80. The number of carbonyl (C=O) groups is 1. The Morgan fingerprint density at radius 3 is 2.41 bits per heavy atom. The quantitative estimate of drug-likeness (QED) is 0.895. The van der Waals surface area contributed by atoms with Gasteiger partial charge in [-0.1, -0.05) is 17.7 Å². The Hall–Kier alpha value is -2.07. The van der Waals surface area contributed by atoms with Gasteiger partial charge in [-0.15, -0.1) is 0 Å². The van der Waals surface area contributed by atoms with Gasteiger partial charge in [0.1, 0.15) is 11.6 Å². The van der Waals surface area contributed by atoms with Crippen molar-refractivity contribution in [2.75, 3.05) is 5.32 Å². The van der Waals surface area contributed by atoms with E-state index in [-0.39, 0.29) is 11.7 Å². The van der Waals surface area contributed by atoms with Crippen LogP contribution in [0.15, 0.2) is 42.5 Å². The van der Waals surface area contributed by atoms with Gasteiger partial charge >= 0.3 is 0 Å².